The van der Waals surface area contributed by atoms with Crippen LogP contribution in [0, 0.1) is 11.8 Å². The number of aryl methyl sites for hydroxylation is 2. The Morgan fingerprint density at radius 3 is 2.67 bits per heavy atom. The Bertz CT molecular complexity index is 512. The van der Waals surface area contributed by atoms with Gasteiger partial charge in [0.1, 0.15) is 0 Å². The predicted octanol–water partition coefficient (Wildman–Crippen LogP) is 2.70. The van der Waals surface area contributed by atoms with Gasteiger partial charge in [0.05, 0.1) is 0 Å². The van der Waals surface area contributed by atoms with Gasteiger partial charge in [-0.25, -0.2) is 0 Å². The number of amides is 1. The lowest BCUT2D eigenvalue weighted by molar-refractivity contribution is 0.0909. The van der Waals surface area contributed by atoms with Gasteiger partial charge in [0.15, 0.2) is 0 Å². The molecule has 1 saturated carbocycles. The molecule has 2 aliphatic carbocycles. The number of rotatable bonds is 4. The van der Waals surface area contributed by atoms with Crippen molar-refractivity contribution in [3.63, 3.8) is 0 Å². The number of aliphatic hydroxyl groups is 1. The summed E-state index contributed by atoms with van der Waals surface area (Å²) in [5.41, 5.74) is 3.53. The lowest BCUT2D eigenvalue weighted by atomic mass is 9.79. The van der Waals surface area contributed by atoms with Crippen molar-refractivity contribution in [2.45, 2.75) is 44.9 Å². The second-order valence-corrected chi connectivity index (χ2v) is 6.53. The molecule has 0 radical (unpaired) electrons. The fourth-order valence-corrected chi connectivity index (χ4v) is 3.83. The summed E-state index contributed by atoms with van der Waals surface area (Å²) in [4.78, 5) is 12.3. The van der Waals surface area contributed by atoms with Crippen LogP contribution in [0.5, 0.6) is 0 Å². The van der Waals surface area contributed by atoms with Gasteiger partial charge in [-0.1, -0.05) is 18.9 Å². The van der Waals surface area contributed by atoms with E-state index in [9.17, 15) is 9.90 Å². The van der Waals surface area contributed by atoms with Gasteiger partial charge in [-0.3, -0.25) is 4.79 Å². The van der Waals surface area contributed by atoms with Gasteiger partial charge in [-0.05, 0) is 67.2 Å². The molecule has 2 N–H and O–H groups in total. The highest BCUT2D eigenvalue weighted by Gasteiger charge is 2.25. The van der Waals surface area contributed by atoms with Crippen molar-refractivity contribution < 1.29 is 9.90 Å². The van der Waals surface area contributed by atoms with E-state index in [0.717, 1.165) is 31.2 Å². The van der Waals surface area contributed by atoms with Gasteiger partial charge in [-0.15, -0.1) is 0 Å². The third-order valence-electron chi connectivity index (χ3n) is 5.19. The highest BCUT2D eigenvalue weighted by Crippen LogP contribution is 2.29. The quantitative estimate of drug-likeness (QED) is 0.894. The third kappa shape index (κ3) is 3.29. The zero-order chi connectivity index (χ0) is 14.7. The van der Waals surface area contributed by atoms with Gasteiger partial charge in [0.2, 0.25) is 0 Å². The average molecular weight is 287 g/mol. The molecular formula is C18H25NO2. The summed E-state index contributed by atoms with van der Waals surface area (Å²) in [5, 5.41) is 12.5. The second-order valence-electron chi connectivity index (χ2n) is 6.53. The van der Waals surface area contributed by atoms with Crippen LogP contribution in [-0.2, 0) is 12.8 Å². The highest BCUT2D eigenvalue weighted by atomic mass is 16.3. The van der Waals surface area contributed by atoms with Crippen molar-refractivity contribution in [1.82, 2.24) is 5.32 Å². The van der Waals surface area contributed by atoms with Crippen molar-refractivity contribution in [1.29, 1.82) is 0 Å². The first-order valence-electron chi connectivity index (χ1n) is 8.29. The number of carbonyl (C=O) groups excluding carboxylic acids is 1. The molecule has 114 valence electrons. The summed E-state index contributed by atoms with van der Waals surface area (Å²) in [6.07, 6.45) is 8.10. The SMILES string of the molecule is O=C(NCC1CCCCC1CO)c1ccc2c(c1)CCC2. The fraction of sp³-hybridized carbons (Fsp3) is 0.611. The summed E-state index contributed by atoms with van der Waals surface area (Å²) in [7, 11) is 0. The molecule has 0 aromatic heterocycles. The molecule has 1 amide bonds. The summed E-state index contributed by atoms with van der Waals surface area (Å²) < 4.78 is 0. The van der Waals surface area contributed by atoms with E-state index in [1.54, 1.807) is 0 Å². The molecule has 3 nitrogen and oxygen atoms in total. The Kier molecular flexibility index (Phi) is 4.59. The van der Waals surface area contributed by atoms with Gasteiger partial charge < -0.3 is 10.4 Å². The van der Waals surface area contributed by atoms with E-state index >= 15 is 0 Å². The minimum atomic E-state index is 0.0342. The minimum Gasteiger partial charge on any atom is -0.396 e. The lowest BCUT2D eigenvalue weighted by Crippen LogP contribution is -2.35. The Balaban J connectivity index is 1.58. The summed E-state index contributed by atoms with van der Waals surface area (Å²) >= 11 is 0. The number of hydrogen-bond donors (Lipinski definition) is 2. The van der Waals surface area contributed by atoms with Gasteiger partial charge in [0.25, 0.3) is 5.91 Å². The molecule has 0 bridgehead atoms. The smallest absolute Gasteiger partial charge is 0.251 e. The van der Waals surface area contributed by atoms with E-state index in [0.29, 0.717) is 18.4 Å². The maximum Gasteiger partial charge on any atom is 0.251 e. The summed E-state index contributed by atoms with van der Waals surface area (Å²) in [5.74, 6) is 0.827. The first-order valence-corrected chi connectivity index (χ1v) is 8.29. The van der Waals surface area contributed by atoms with E-state index in [4.69, 9.17) is 0 Å². The van der Waals surface area contributed by atoms with E-state index in [2.05, 4.69) is 17.4 Å². The number of aliphatic hydroxyl groups excluding tert-OH is 1. The van der Waals surface area contributed by atoms with Crippen LogP contribution in [0.3, 0.4) is 0 Å². The molecular weight excluding hydrogens is 262 g/mol. The molecule has 2 unspecified atom stereocenters. The lowest BCUT2D eigenvalue weighted by Gasteiger charge is -2.30. The maximum absolute atomic E-state index is 12.3. The van der Waals surface area contributed by atoms with E-state index < -0.39 is 0 Å². The second kappa shape index (κ2) is 6.61. The topological polar surface area (TPSA) is 49.3 Å². The molecule has 1 aromatic carbocycles. The molecule has 0 spiro atoms. The molecule has 2 aliphatic rings. The fourth-order valence-electron chi connectivity index (χ4n) is 3.83. The Hall–Kier alpha value is -1.35. The summed E-state index contributed by atoms with van der Waals surface area (Å²) in [6.45, 7) is 0.945. The maximum atomic E-state index is 12.3. The van der Waals surface area contributed by atoms with Gasteiger partial charge in [0, 0.05) is 18.7 Å². The van der Waals surface area contributed by atoms with Crippen LogP contribution in [0.4, 0.5) is 0 Å². The molecule has 3 rings (SSSR count). The monoisotopic (exact) mass is 287 g/mol. The largest absolute Gasteiger partial charge is 0.396 e. The number of fused-ring (bicyclic) bond motifs is 1. The van der Waals surface area contributed by atoms with Crippen molar-refractivity contribution >= 4 is 5.91 Å². The predicted molar refractivity (Wildman–Crippen MR) is 83.3 cm³/mol. The summed E-state index contributed by atoms with van der Waals surface area (Å²) in [6, 6.07) is 6.11. The van der Waals surface area contributed by atoms with E-state index in [1.165, 1.54) is 30.4 Å². The van der Waals surface area contributed by atoms with E-state index in [1.807, 2.05) is 6.07 Å². The molecule has 0 heterocycles. The van der Waals surface area contributed by atoms with Gasteiger partial charge >= 0.3 is 0 Å². The minimum absolute atomic E-state index is 0.0342. The molecule has 1 fully saturated rings. The van der Waals surface area contributed by atoms with Crippen LogP contribution in [-0.4, -0.2) is 24.2 Å². The van der Waals surface area contributed by atoms with Crippen molar-refractivity contribution in [2.75, 3.05) is 13.2 Å². The standard InChI is InChI=1S/C18H25NO2/c20-12-17-5-2-1-4-16(17)11-19-18(21)15-9-8-13-6-3-7-14(13)10-15/h8-10,16-17,20H,1-7,11-12H2,(H,19,21). The van der Waals surface area contributed by atoms with Crippen molar-refractivity contribution in [3.8, 4) is 0 Å². The number of carbonyl (C=O) groups is 1. The molecule has 0 saturated heterocycles. The zero-order valence-electron chi connectivity index (χ0n) is 12.6. The zero-order valence-corrected chi connectivity index (χ0v) is 12.6. The molecule has 21 heavy (non-hydrogen) atoms. The third-order valence-corrected chi connectivity index (χ3v) is 5.19. The molecule has 2 atom stereocenters. The number of benzene rings is 1. The van der Waals surface area contributed by atoms with E-state index in [-0.39, 0.29) is 12.5 Å². The molecule has 3 heteroatoms. The average Bonchev–Trinajstić information content (AvgIpc) is 3.00. The van der Waals surface area contributed by atoms with Crippen LogP contribution >= 0.6 is 0 Å². The number of hydrogen-bond acceptors (Lipinski definition) is 2. The Morgan fingerprint density at radius 1 is 1.10 bits per heavy atom. The van der Waals surface area contributed by atoms with Crippen LogP contribution in [0.2, 0.25) is 0 Å². The molecule has 1 aromatic rings. The number of nitrogens with one attached hydrogen (secondary N) is 1. The molecule has 0 aliphatic heterocycles. The first-order chi connectivity index (χ1) is 10.3. The van der Waals surface area contributed by atoms with Crippen LogP contribution in [0.25, 0.3) is 0 Å². The van der Waals surface area contributed by atoms with Crippen molar-refractivity contribution in [2.24, 2.45) is 11.8 Å². The highest BCUT2D eigenvalue weighted by molar-refractivity contribution is 5.94. The first kappa shape index (κ1) is 14.6. The van der Waals surface area contributed by atoms with Crippen LogP contribution in [0.1, 0.15) is 53.6 Å². The normalized spacial score (nSPS) is 24.6. The Labute approximate surface area is 126 Å². The van der Waals surface area contributed by atoms with Crippen molar-refractivity contribution in [3.05, 3.63) is 34.9 Å². The Morgan fingerprint density at radius 2 is 1.86 bits per heavy atom. The van der Waals surface area contributed by atoms with Crippen LogP contribution in [0.15, 0.2) is 18.2 Å². The van der Waals surface area contributed by atoms with Crippen LogP contribution < -0.4 is 5.32 Å². The van der Waals surface area contributed by atoms with Gasteiger partial charge in [-0.2, -0.15) is 0 Å².